The molecule has 0 aliphatic carbocycles. The molecule has 4 rings (SSSR count). The number of aliphatic hydroxyl groups excluding tert-OH is 2. The molecule has 0 atom stereocenters. The van der Waals surface area contributed by atoms with Crippen LogP contribution in [-0.4, -0.2) is 43.4 Å². The second-order valence-corrected chi connectivity index (χ2v) is 11.0. The van der Waals surface area contributed by atoms with E-state index in [-0.39, 0.29) is 23.0 Å². The first-order chi connectivity index (χ1) is 15.1. The van der Waals surface area contributed by atoms with Gasteiger partial charge < -0.3 is 10.2 Å². The first kappa shape index (κ1) is 22.2. The number of benzene rings is 4. The highest BCUT2D eigenvalue weighted by Gasteiger charge is 2.24. The summed E-state index contributed by atoms with van der Waals surface area (Å²) in [5.41, 5.74) is 0. The lowest BCUT2D eigenvalue weighted by Gasteiger charge is -2.14. The summed E-state index contributed by atoms with van der Waals surface area (Å²) in [5, 5.41) is 21.4. The van der Waals surface area contributed by atoms with Gasteiger partial charge in [0.25, 0.3) is 0 Å². The molecule has 0 saturated carbocycles. The Morgan fingerprint density at radius 1 is 0.581 bits per heavy atom. The van der Waals surface area contributed by atoms with E-state index in [1.165, 1.54) is 23.5 Å². The van der Waals surface area contributed by atoms with Crippen molar-refractivity contribution in [3.63, 3.8) is 0 Å². The third-order valence-electron chi connectivity index (χ3n) is 4.96. The van der Waals surface area contributed by atoms with E-state index < -0.39 is 9.84 Å². The van der Waals surface area contributed by atoms with E-state index in [9.17, 15) is 18.6 Å². The van der Waals surface area contributed by atoms with E-state index in [0.717, 1.165) is 20.6 Å². The Bertz CT molecular complexity index is 1240. The minimum absolute atomic E-state index is 0.0612. The summed E-state index contributed by atoms with van der Waals surface area (Å²) in [7, 11) is -3.78. The largest absolute Gasteiger partial charge is 0.396 e. The average molecular weight is 471 g/mol. The number of fused-ring (bicyclic) bond motifs is 2. The van der Waals surface area contributed by atoms with Crippen molar-refractivity contribution in [1.29, 1.82) is 0 Å². The number of aliphatic hydroxyl groups is 2. The summed E-state index contributed by atoms with van der Waals surface area (Å²) in [5.74, 6) is 1.10. The minimum Gasteiger partial charge on any atom is -0.396 e. The highest BCUT2D eigenvalue weighted by molar-refractivity contribution is 7.99. The van der Waals surface area contributed by atoms with Crippen molar-refractivity contribution in [3.8, 4) is 0 Å². The van der Waals surface area contributed by atoms with Crippen LogP contribution in [0.4, 0.5) is 0 Å². The molecular formula is C24H22O4S3. The molecular weight excluding hydrogens is 448 g/mol. The van der Waals surface area contributed by atoms with Gasteiger partial charge >= 0.3 is 0 Å². The van der Waals surface area contributed by atoms with Gasteiger partial charge in [-0.3, -0.25) is 0 Å². The SMILES string of the molecule is O=S(=O)(c1ccc(SCCO)c2ccccc12)c1ccc(SCCO)c2ccccc12. The predicted molar refractivity (Wildman–Crippen MR) is 129 cm³/mol. The van der Waals surface area contributed by atoms with Crippen molar-refractivity contribution in [2.75, 3.05) is 24.7 Å². The maximum Gasteiger partial charge on any atom is 0.207 e. The van der Waals surface area contributed by atoms with Crippen LogP contribution in [0.2, 0.25) is 0 Å². The first-order valence-corrected chi connectivity index (χ1v) is 13.3. The van der Waals surface area contributed by atoms with E-state index in [1.54, 1.807) is 12.1 Å². The van der Waals surface area contributed by atoms with Gasteiger partial charge in [-0.1, -0.05) is 48.5 Å². The highest BCUT2D eigenvalue weighted by atomic mass is 32.2. The molecule has 0 heterocycles. The van der Waals surface area contributed by atoms with E-state index in [2.05, 4.69) is 0 Å². The molecule has 7 heteroatoms. The summed E-state index contributed by atoms with van der Waals surface area (Å²) in [4.78, 5) is 2.45. The fourth-order valence-electron chi connectivity index (χ4n) is 3.64. The Hall–Kier alpha value is -2.03. The van der Waals surface area contributed by atoms with Gasteiger partial charge in [0.1, 0.15) is 0 Å². The molecule has 0 aromatic heterocycles. The molecule has 0 saturated heterocycles. The Morgan fingerprint density at radius 3 is 1.35 bits per heavy atom. The monoisotopic (exact) mass is 470 g/mol. The lowest BCUT2D eigenvalue weighted by atomic mass is 10.1. The number of thioether (sulfide) groups is 2. The second-order valence-electron chi connectivity index (χ2n) is 6.86. The topological polar surface area (TPSA) is 74.6 Å². The molecule has 0 amide bonds. The van der Waals surface area contributed by atoms with Crippen molar-refractivity contribution >= 4 is 54.9 Å². The zero-order valence-corrected chi connectivity index (χ0v) is 19.1. The standard InChI is InChI=1S/C24H22O4S3/c25-13-15-29-21-9-11-23(19-7-3-1-5-17(19)21)31(27,28)24-12-10-22(30-16-14-26)18-6-2-4-8-20(18)24/h1-12,25-26H,13-16H2. The van der Waals surface area contributed by atoms with Crippen LogP contribution < -0.4 is 0 Å². The molecule has 160 valence electrons. The Balaban J connectivity index is 1.90. The van der Waals surface area contributed by atoms with Crippen LogP contribution in [0, 0.1) is 0 Å². The maximum absolute atomic E-state index is 13.8. The number of rotatable bonds is 8. The predicted octanol–water partition coefficient (Wildman–Crippen LogP) is 4.99. The summed E-state index contributed by atoms with van der Waals surface area (Å²) in [6.07, 6.45) is 0. The Kier molecular flexibility index (Phi) is 6.89. The normalized spacial score (nSPS) is 11.9. The van der Waals surface area contributed by atoms with Gasteiger partial charge in [-0.2, -0.15) is 0 Å². The molecule has 0 aliphatic heterocycles. The molecule has 4 aromatic carbocycles. The van der Waals surface area contributed by atoms with E-state index in [0.29, 0.717) is 22.3 Å². The van der Waals surface area contributed by atoms with Gasteiger partial charge in [0.05, 0.1) is 23.0 Å². The van der Waals surface area contributed by atoms with E-state index >= 15 is 0 Å². The number of hydrogen-bond donors (Lipinski definition) is 2. The van der Waals surface area contributed by atoms with Gasteiger partial charge in [-0.05, 0) is 35.0 Å². The molecule has 31 heavy (non-hydrogen) atoms. The molecule has 2 N–H and O–H groups in total. The van der Waals surface area contributed by atoms with Crippen LogP contribution in [0.5, 0.6) is 0 Å². The molecule has 0 spiro atoms. The molecule has 0 aliphatic rings. The number of sulfone groups is 1. The van der Waals surface area contributed by atoms with Gasteiger partial charge in [0.15, 0.2) is 0 Å². The molecule has 4 aromatic rings. The molecule has 4 nitrogen and oxygen atoms in total. The van der Waals surface area contributed by atoms with Crippen LogP contribution in [0.25, 0.3) is 21.5 Å². The van der Waals surface area contributed by atoms with Gasteiger partial charge in [0.2, 0.25) is 9.84 Å². The van der Waals surface area contributed by atoms with Crippen LogP contribution in [0.3, 0.4) is 0 Å². The lowest BCUT2D eigenvalue weighted by Crippen LogP contribution is -2.04. The van der Waals surface area contributed by atoms with Crippen molar-refractivity contribution in [1.82, 2.24) is 0 Å². The minimum atomic E-state index is -3.78. The van der Waals surface area contributed by atoms with Gasteiger partial charge in [-0.25, -0.2) is 8.42 Å². The van der Waals surface area contributed by atoms with Crippen molar-refractivity contribution in [2.45, 2.75) is 19.6 Å². The zero-order chi connectivity index (χ0) is 21.8. The molecule has 0 bridgehead atoms. The summed E-state index contributed by atoms with van der Waals surface area (Å²) < 4.78 is 27.6. The zero-order valence-electron chi connectivity index (χ0n) is 16.7. The third kappa shape index (κ3) is 4.33. The van der Waals surface area contributed by atoms with Crippen LogP contribution in [-0.2, 0) is 9.84 Å². The lowest BCUT2D eigenvalue weighted by molar-refractivity contribution is 0.322. The summed E-state index contributed by atoms with van der Waals surface area (Å²) >= 11 is 3.02. The number of hydrogen-bond acceptors (Lipinski definition) is 6. The maximum atomic E-state index is 13.8. The van der Waals surface area contributed by atoms with E-state index in [1.807, 2.05) is 60.7 Å². The molecule has 0 fully saturated rings. The summed E-state index contributed by atoms with van der Waals surface area (Å²) in [6.45, 7) is 0.122. The quantitative estimate of drug-likeness (QED) is 0.353. The summed E-state index contributed by atoms with van der Waals surface area (Å²) in [6, 6.07) is 21.9. The smallest absolute Gasteiger partial charge is 0.207 e. The Labute approximate surface area is 190 Å². The average Bonchev–Trinajstić information content (AvgIpc) is 2.80. The highest BCUT2D eigenvalue weighted by Crippen LogP contribution is 2.38. The van der Waals surface area contributed by atoms with Gasteiger partial charge in [0, 0.05) is 32.1 Å². The molecule has 0 radical (unpaired) electrons. The van der Waals surface area contributed by atoms with Crippen LogP contribution >= 0.6 is 23.5 Å². The third-order valence-corrected chi connectivity index (χ3v) is 8.94. The van der Waals surface area contributed by atoms with Crippen LogP contribution in [0.15, 0.2) is 92.4 Å². The van der Waals surface area contributed by atoms with Gasteiger partial charge in [-0.15, -0.1) is 23.5 Å². The Morgan fingerprint density at radius 2 is 0.968 bits per heavy atom. The second kappa shape index (κ2) is 9.63. The van der Waals surface area contributed by atoms with Crippen molar-refractivity contribution in [2.24, 2.45) is 0 Å². The molecule has 0 unspecified atom stereocenters. The van der Waals surface area contributed by atoms with Crippen molar-refractivity contribution < 1.29 is 18.6 Å². The fourth-order valence-corrected chi connectivity index (χ4v) is 6.92. The van der Waals surface area contributed by atoms with Crippen molar-refractivity contribution in [3.05, 3.63) is 72.8 Å². The first-order valence-electron chi connectivity index (χ1n) is 9.84. The van der Waals surface area contributed by atoms with E-state index in [4.69, 9.17) is 0 Å². The van der Waals surface area contributed by atoms with Crippen LogP contribution in [0.1, 0.15) is 0 Å². The fraction of sp³-hybridized carbons (Fsp3) is 0.167.